The van der Waals surface area contributed by atoms with E-state index in [1.54, 1.807) is 0 Å². The van der Waals surface area contributed by atoms with Gasteiger partial charge in [-0.2, -0.15) is 13.2 Å². The molecule has 1 aromatic heterocycles. The lowest BCUT2D eigenvalue weighted by Gasteiger charge is -2.11. The number of hydrogen-bond donors (Lipinski definition) is 1. The summed E-state index contributed by atoms with van der Waals surface area (Å²) in [6.45, 7) is 1.89. The van der Waals surface area contributed by atoms with Gasteiger partial charge < -0.3 is 5.73 Å². The first kappa shape index (κ1) is 16.2. The Kier molecular flexibility index (Phi) is 6.32. The molecule has 0 radical (unpaired) electrons. The van der Waals surface area contributed by atoms with Crippen LogP contribution >= 0.6 is 39.7 Å². The van der Waals surface area contributed by atoms with Crippen LogP contribution in [0.4, 0.5) is 13.2 Å². The molecule has 0 bridgehead atoms. The zero-order valence-corrected chi connectivity index (χ0v) is 11.7. The number of alkyl halides is 3. The second-order valence-corrected chi connectivity index (χ2v) is 5.77. The van der Waals surface area contributed by atoms with Crippen molar-refractivity contribution in [2.24, 2.45) is 5.73 Å². The molecule has 1 nitrogen and oxygen atoms in total. The molecule has 0 aliphatic heterocycles. The minimum absolute atomic E-state index is 0. The van der Waals surface area contributed by atoms with Gasteiger partial charge in [0.1, 0.15) is 0 Å². The molecule has 7 heteroatoms. The summed E-state index contributed by atoms with van der Waals surface area (Å²) in [5, 5.41) is 0. The number of aryl methyl sites for hydroxylation is 1. The summed E-state index contributed by atoms with van der Waals surface area (Å²) < 4.78 is 36.8. The lowest BCUT2D eigenvalue weighted by atomic mass is 10.1. The number of nitrogens with two attached hydrogens (primary N) is 1. The summed E-state index contributed by atoms with van der Waals surface area (Å²) >= 11 is 4.71. The summed E-state index contributed by atoms with van der Waals surface area (Å²) in [5.74, 6) is 0. The van der Waals surface area contributed by atoms with Gasteiger partial charge in [-0.15, -0.1) is 23.7 Å². The minimum atomic E-state index is -4.12. The molecule has 0 unspecified atom stereocenters. The van der Waals surface area contributed by atoms with Gasteiger partial charge in [-0.3, -0.25) is 0 Å². The Morgan fingerprint density at radius 2 is 2.06 bits per heavy atom. The quantitative estimate of drug-likeness (QED) is 0.857. The Hall–Kier alpha value is 0.220. The van der Waals surface area contributed by atoms with Crippen LogP contribution in [0.25, 0.3) is 0 Å². The average Bonchev–Trinajstić information content (AvgIpc) is 2.42. The molecule has 1 heterocycles. The van der Waals surface area contributed by atoms with E-state index in [1.165, 1.54) is 11.3 Å². The lowest BCUT2D eigenvalue weighted by Crippen LogP contribution is -2.14. The molecule has 16 heavy (non-hydrogen) atoms. The van der Waals surface area contributed by atoms with Crippen molar-refractivity contribution in [3.63, 3.8) is 0 Å². The zero-order valence-electron chi connectivity index (χ0n) is 8.47. The van der Waals surface area contributed by atoms with Gasteiger partial charge in [0.05, 0.1) is 3.79 Å². The number of halogens is 5. The van der Waals surface area contributed by atoms with Crippen LogP contribution in [-0.4, -0.2) is 6.18 Å². The molecule has 0 amide bonds. The van der Waals surface area contributed by atoms with E-state index >= 15 is 0 Å². The van der Waals surface area contributed by atoms with Gasteiger partial charge in [-0.25, -0.2) is 0 Å². The molecule has 94 valence electrons. The highest BCUT2D eigenvalue weighted by atomic mass is 79.9. The van der Waals surface area contributed by atoms with Gasteiger partial charge >= 0.3 is 6.18 Å². The first-order chi connectivity index (χ1) is 6.79. The molecule has 1 rings (SSSR count). The summed E-state index contributed by atoms with van der Waals surface area (Å²) in [5.41, 5.74) is 6.69. The molecule has 0 spiro atoms. The van der Waals surface area contributed by atoms with Gasteiger partial charge in [0.2, 0.25) is 0 Å². The van der Waals surface area contributed by atoms with Crippen LogP contribution < -0.4 is 5.73 Å². The van der Waals surface area contributed by atoms with Gasteiger partial charge in [-0.05, 0) is 40.9 Å². The summed E-state index contributed by atoms with van der Waals surface area (Å²) in [6.07, 6.45) is -5.01. The van der Waals surface area contributed by atoms with E-state index in [9.17, 15) is 13.2 Å². The van der Waals surface area contributed by atoms with Crippen molar-refractivity contribution in [2.75, 3.05) is 0 Å². The van der Waals surface area contributed by atoms with Crippen molar-refractivity contribution in [1.29, 1.82) is 0 Å². The Labute approximate surface area is 111 Å². The highest BCUT2D eigenvalue weighted by Crippen LogP contribution is 2.33. The standard InChI is InChI=1S/C9H11BrF3NS.ClH/c1-5-4-7(15-8(5)10)6(14)2-3-9(11,12)13;/h4,6H,2-3,14H2,1H3;1H/t6-;/m0./s1. The maximum atomic E-state index is 12.0. The molecule has 0 saturated heterocycles. The molecule has 1 aromatic rings. The van der Waals surface area contributed by atoms with Crippen LogP contribution in [-0.2, 0) is 0 Å². The van der Waals surface area contributed by atoms with Crippen molar-refractivity contribution >= 4 is 39.7 Å². The normalized spacial score (nSPS) is 13.4. The molecule has 0 aliphatic rings. The molecule has 0 fully saturated rings. The first-order valence-electron chi connectivity index (χ1n) is 4.38. The number of hydrogen-bond acceptors (Lipinski definition) is 2. The summed E-state index contributed by atoms with van der Waals surface area (Å²) in [4.78, 5) is 0.795. The highest BCUT2D eigenvalue weighted by Gasteiger charge is 2.28. The summed E-state index contributed by atoms with van der Waals surface area (Å²) in [6, 6.07) is 1.30. The summed E-state index contributed by atoms with van der Waals surface area (Å²) in [7, 11) is 0. The van der Waals surface area contributed by atoms with Gasteiger partial charge in [0.25, 0.3) is 0 Å². The fraction of sp³-hybridized carbons (Fsp3) is 0.556. The Balaban J connectivity index is 0.00000225. The minimum Gasteiger partial charge on any atom is -0.323 e. The van der Waals surface area contributed by atoms with Crippen LogP contribution in [0.2, 0.25) is 0 Å². The molecular weight excluding hydrogens is 327 g/mol. The predicted molar refractivity (Wildman–Crippen MR) is 66.2 cm³/mol. The van der Waals surface area contributed by atoms with E-state index in [0.717, 1.165) is 14.2 Å². The van der Waals surface area contributed by atoms with Crippen molar-refractivity contribution in [1.82, 2.24) is 0 Å². The molecule has 0 aromatic carbocycles. The molecule has 0 aliphatic carbocycles. The second kappa shape index (κ2) is 6.23. The maximum Gasteiger partial charge on any atom is 0.389 e. The van der Waals surface area contributed by atoms with Crippen LogP contribution in [0.15, 0.2) is 9.85 Å². The average molecular weight is 339 g/mol. The van der Waals surface area contributed by atoms with E-state index in [2.05, 4.69) is 15.9 Å². The van der Waals surface area contributed by atoms with Crippen molar-refractivity contribution < 1.29 is 13.2 Å². The van der Waals surface area contributed by atoms with Crippen LogP contribution in [0, 0.1) is 6.92 Å². The third-order valence-electron chi connectivity index (χ3n) is 1.98. The first-order valence-corrected chi connectivity index (χ1v) is 5.98. The third-order valence-corrected chi connectivity index (χ3v) is 4.25. The SMILES string of the molecule is Cc1cc([C@@H](N)CCC(F)(F)F)sc1Br.Cl. The van der Waals surface area contributed by atoms with E-state index in [0.29, 0.717) is 0 Å². The van der Waals surface area contributed by atoms with Crippen LogP contribution in [0.3, 0.4) is 0 Å². The third kappa shape index (κ3) is 5.03. The maximum absolute atomic E-state index is 12.0. The fourth-order valence-corrected chi connectivity index (χ4v) is 2.73. The van der Waals surface area contributed by atoms with Crippen molar-refractivity contribution in [2.45, 2.75) is 32.0 Å². The Bertz CT molecular complexity index is 320. The monoisotopic (exact) mass is 337 g/mol. The zero-order chi connectivity index (χ0) is 11.6. The Morgan fingerprint density at radius 3 is 2.44 bits per heavy atom. The van der Waals surface area contributed by atoms with E-state index in [4.69, 9.17) is 5.73 Å². The fourth-order valence-electron chi connectivity index (χ4n) is 1.13. The van der Waals surface area contributed by atoms with Gasteiger partial charge in [-0.1, -0.05) is 0 Å². The van der Waals surface area contributed by atoms with Crippen molar-refractivity contribution in [3.8, 4) is 0 Å². The molecule has 0 saturated carbocycles. The number of thiophene rings is 1. The predicted octanol–water partition coefficient (Wildman–Crippen LogP) is 4.58. The highest BCUT2D eigenvalue weighted by molar-refractivity contribution is 9.11. The topological polar surface area (TPSA) is 26.0 Å². The van der Waals surface area contributed by atoms with Crippen molar-refractivity contribution in [3.05, 3.63) is 20.3 Å². The lowest BCUT2D eigenvalue weighted by molar-refractivity contribution is -0.136. The van der Waals surface area contributed by atoms with Gasteiger partial charge in [0, 0.05) is 17.3 Å². The van der Waals surface area contributed by atoms with E-state index < -0.39 is 18.6 Å². The molecule has 1 atom stereocenters. The molecule has 2 N–H and O–H groups in total. The second-order valence-electron chi connectivity index (χ2n) is 3.37. The van der Waals surface area contributed by atoms with Gasteiger partial charge in [0.15, 0.2) is 0 Å². The Morgan fingerprint density at radius 1 is 1.50 bits per heavy atom. The number of rotatable bonds is 3. The van der Waals surface area contributed by atoms with Crippen LogP contribution in [0.5, 0.6) is 0 Å². The van der Waals surface area contributed by atoms with Crippen LogP contribution in [0.1, 0.15) is 29.3 Å². The largest absolute Gasteiger partial charge is 0.389 e. The smallest absolute Gasteiger partial charge is 0.323 e. The van der Waals surface area contributed by atoms with E-state index in [-0.39, 0.29) is 18.8 Å². The molecular formula is C9H12BrClF3NS. The van der Waals surface area contributed by atoms with E-state index in [1.807, 2.05) is 13.0 Å².